The van der Waals surface area contributed by atoms with Gasteiger partial charge in [-0.3, -0.25) is 9.59 Å². The Kier molecular flexibility index (Phi) is 78.3. The van der Waals surface area contributed by atoms with Gasteiger partial charge in [0, 0.05) is 12.8 Å². The van der Waals surface area contributed by atoms with Crippen molar-refractivity contribution in [2.45, 2.75) is 508 Å². The summed E-state index contributed by atoms with van der Waals surface area (Å²) in [6.45, 7) is 5.02. The van der Waals surface area contributed by atoms with Crippen LogP contribution in [-0.4, -0.2) is 47.4 Å². The van der Waals surface area contributed by atoms with E-state index >= 15 is 0 Å². The molecule has 2 atom stereocenters. The maximum absolute atomic E-state index is 12.6. The van der Waals surface area contributed by atoms with E-state index in [2.05, 4.69) is 19.2 Å². The van der Waals surface area contributed by atoms with Crippen LogP contribution in [0.5, 0.6) is 0 Å². The van der Waals surface area contributed by atoms with Gasteiger partial charge in [0.2, 0.25) is 5.91 Å². The molecule has 0 aromatic rings. The first-order valence-corrected chi connectivity index (χ1v) is 41.8. The lowest BCUT2D eigenvalue weighted by atomic mass is 10.0. The quantitative estimate of drug-likeness (QED) is 0.0417. The number of nitrogens with one attached hydrogen (secondary N) is 1. The molecule has 3 N–H and O–H groups in total. The van der Waals surface area contributed by atoms with E-state index in [0.29, 0.717) is 25.9 Å². The number of aliphatic hydroxyl groups is 2. The fraction of sp³-hybridized carbons (Fsp3) is 0.976. The van der Waals surface area contributed by atoms with Crippen LogP contribution in [0.3, 0.4) is 0 Å². The number of hydrogen-bond donors (Lipinski definition) is 3. The predicted octanol–water partition coefficient (Wildman–Crippen LogP) is 27.7. The van der Waals surface area contributed by atoms with Crippen LogP contribution in [-0.2, 0) is 14.3 Å². The van der Waals surface area contributed by atoms with Crippen LogP contribution in [0.25, 0.3) is 0 Å². The van der Waals surface area contributed by atoms with Crippen molar-refractivity contribution >= 4 is 11.9 Å². The van der Waals surface area contributed by atoms with E-state index in [1.54, 1.807) is 0 Å². The number of rotatable bonds is 80. The maximum Gasteiger partial charge on any atom is 0.305 e. The lowest BCUT2D eigenvalue weighted by Crippen LogP contribution is -2.45. The molecule has 0 aliphatic heterocycles. The molecular formula is C83H165NO5. The van der Waals surface area contributed by atoms with Crippen LogP contribution in [0.15, 0.2) is 0 Å². The molecule has 0 saturated carbocycles. The van der Waals surface area contributed by atoms with Crippen LogP contribution in [0, 0.1) is 0 Å². The summed E-state index contributed by atoms with van der Waals surface area (Å²) in [7, 11) is 0. The zero-order valence-corrected chi connectivity index (χ0v) is 61.2. The van der Waals surface area contributed by atoms with Crippen LogP contribution >= 0.6 is 0 Å². The Morgan fingerprint density at radius 3 is 0.685 bits per heavy atom. The van der Waals surface area contributed by atoms with E-state index in [4.69, 9.17) is 4.74 Å². The molecule has 0 saturated heterocycles. The van der Waals surface area contributed by atoms with E-state index in [-0.39, 0.29) is 18.5 Å². The number of carbonyl (C=O) groups excluding carboxylic acids is 2. The lowest BCUT2D eigenvalue weighted by molar-refractivity contribution is -0.143. The van der Waals surface area contributed by atoms with Gasteiger partial charge in [0.15, 0.2) is 0 Å². The topological polar surface area (TPSA) is 95.9 Å². The summed E-state index contributed by atoms with van der Waals surface area (Å²) in [6.07, 6.45) is 99.4. The predicted molar refractivity (Wildman–Crippen MR) is 394 cm³/mol. The number of aliphatic hydroxyl groups excluding tert-OH is 2. The van der Waals surface area contributed by atoms with Gasteiger partial charge in [0.05, 0.1) is 25.4 Å². The van der Waals surface area contributed by atoms with Crippen molar-refractivity contribution in [1.82, 2.24) is 5.32 Å². The fourth-order valence-electron chi connectivity index (χ4n) is 13.8. The fourth-order valence-corrected chi connectivity index (χ4v) is 13.8. The summed E-state index contributed by atoms with van der Waals surface area (Å²) in [4.78, 5) is 24.6. The third-order valence-electron chi connectivity index (χ3n) is 20.2. The van der Waals surface area contributed by atoms with Crippen LogP contribution < -0.4 is 5.32 Å². The maximum atomic E-state index is 12.6. The van der Waals surface area contributed by atoms with Crippen molar-refractivity contribution in [3.05, 3.63) is 0 Å². The molecule has 0 aliphatic rings. The molecule has 0 rings (SSSR count). The highest BCUT2D eigenvalue weighted by Crippen LogP contribution is 2.21. The van der Waals surface area contributed by atoms with Crippen molar-refractivity contribution in [3.8, 4) is 0 Å². The molecule has 2 unspecified atom stereocenters. The molecule has 89 heavy (non-hydrogen) atoms. The van der Waals surface area contributed by atoms with Crippen LogP contribution in [0.2, 0.25) is 0 Å². The second-order valence-corrected chi connectivity index (χ2v) is 29.2. The normalized spacial score (nSPS) is 12.4. The molecule has 0 heterocycles. The zero-order chi connectivity index (χ0) is 64.2. The lowest BCUT2D eigenvalue weighted by Gasteiger charge is -2.22. The van der Waals surface area contributed by atoms with Gasteiger partial charge in [-0.25, -0.2) is 0 Å². The summed E-state index contributed by atoms with van der Waals surface area (Å²) in [5.41, 5.74) is 0. The third-order valence-corrected chi connectivity index (χ3v) is 20.2. The Hall–Kier alpha value is -1.14. The molecule has 0 fully saturated rings. The number of unbranched alkanes of at least 4 members (excludes halogenated alkanes) is 69. The molecule has 1 amide bonds. The number of amides is 1. The third kappa shape index (κ3) is 75.8. The minimum atomic E-state index is -0.659. The van der Waals surface area contributed by atoms with Gasteiger partial charge in [-0.1, -0.05) is 457 Å². The molecule has 532 valence electrons. The highest BCUT2D eigenvalue weighted by atomic mass is 16.5. The Morgan fingerprint density at radius 2 is 0.461 bits per heavy atom. The van der Waals surface area contributed by atoms with Crippen LogP contribution in [0.4, 0.5) is 0 Å². The van der Waals surface area contributed by atoms with Gasteiger partial charge in [-0.15, -0.1) is 0 Å². The Bertz CT molecular complexity index is 1310. The summed E-state index contributed by atoms with van der Waals surface area (Å²) in [5, 5.41) is 23.4. The summed E-state index contributed by atoms with van der Waals surface area (Å²) in [6, 6.07) is -0.536. The van der Waals surface area contributed by atoms with E-state index in [1.165, 1.54) is 424 Å². The Balaban J connectivity index is 3.28. The highest BCUT2D eigenvalue weighted by molar-refractivity contribution is 5.76. The van der Waals surface area contributed by atoms with Gasteiger partial charge < -0.3 is 20.3 Å². The summed E-state index contributed by atoms with van der Waals surface area (Å²) < 4.78 is 5.51. The number of esters is 1. The van der Waals surface area contributed by atoms with Gasteiger partial charge in [0.1, 0.15) is 0 Å². The largest absolute Gasteiger partial charge is 0.466 e. The SMILES string of the molecule is CCCCCCCCCCCCCCCCCCCCC(O)C(CO)NC(=O)CCCCCCCCCCCCCCCCCCCCCCCCCCCCCCCCCCCCCCCCCOC(=O)CCCCCCCCCCCCCCCCC. The molecule has 0 radical (unpaired) electrons. The van der Waals surface area contributed by atoms with Crippen molar-refractivity contribution in [3.63, 3.8) is 0 Å². The van der Waals surface area contributed by atoms with Gasteiger partial charge in [-0.05, 0) is 25.7 Å². The van der Waals surface area contributed by atoms with E-state index in [1.807, 2.05) is 0 Å². The molecule has 0 spiro atoms. The van der Waals surface area contributed by atoms with Gasteiger partial charge in [0.25, 0.3) is 0 Å². The van der Waals surface area contributed by atoms with Crippen molar-refractivity contribution in [2.75, 3.05) is 13.2 Å². The molecule has 0 aromatic carbocycles. The van der Waals surface area contributed by atoms with Crippen molar-refractivity contribution in [2.24, 2.45) is 0 Å². The highest BCUT2D eigenvalue weighted by Gasteiger charge is 2.20. The average molecular weight is 1260 g/mol. The summed E-state index contributed by atoms with van der Waals surface area (Å²) >= 11 is 0. The van der Waals surface area contributed by atoms with Crippen LogP contribution in [0.1, 0.15) is 495 Å². The van der Waals surface area contributed by atoms with Crippen molar-refractivity contribution in [1.29, 1.82) is 0 Å². The first kappa shape index (κ1) is 87.9. The Morgan fingerprint density at radius 1 is 0.270 bits per heavy atom. The van der Waals surface area contributed by atoms with Gasteiger partial charge >= 0.3 is 5.97 Å². The second-order valence-electron chi connectivity index (χ2n) is 29.2. The first-order valence-electron chi connectivity index (χ1n) is 41.8. The number of ether oxygens (including phenoxy) is 1. The van der Waals surface area contributed by atoms with Crippen molar-refractivity contribution < 1.29 is 24.5 Å². The molecule has 0 aromatic heterocycles. The Labute approximate surface area is 559 Å². The minimum absolute atomic E-state index is 0.0233. The standard InChI is InChI=1S/C83H165NO5/c1-3-5-7-9-11-13-15-17-19-20-44-48-51-55-59-63-67-71-75-81(86)80(79-85)84-82(87)76-72-68-64-60-56-52-49-45-42-40-38-36-34-32-30-28-26-24-22-21-23-25-27-29-31-33-35-37-39-41-43-46-50-54-58-62-66-70-74-78-89-83(88)77-73-69-65-61-57-53-47-18-16-14-12-10-8-6-4-2/h80-81,85-86H,3-79H2,1-2H3,(H,84,87). The number of hydrogen-bond acceptors (Lipinski definition) is 5. The molecular weight excluding hydrogens is 1090 g/mol. The van der Waals surface area contributed by atoms with E-state index < -0.39 is 12.1 Å². The molecule has 0 aliphatic carbocycles. The smallest absolute Gasteiger partial charge is 0.305 e. The van der Waals surface area contributed by atoms with E-state index in [0.717, 1.165) is 38.5 Å². The molecule has 0 bridgehead atoms. The van der Waals surface area contributed by atoms with E-state index in [9.17, 15) is 19.8 Å². The number of carbonyl (C=O) groups is 2. The molecule has 6 nitrogen and oxygen atoms in total. The zero-order valence-electron chi connectivity index (χ0n) is 61.2. The average Bonchev–Trinajstić information content (AvgIpc) is 3.57. The van der Waals surface area contributed by atoms with Gasteiger partial charge in [-0.2, -0.15) is 0 Å². The minimum Gasteiger partial charge on any atom is -0.466 e. The molecule has 6 heteroatoms. The monoisotopic (exact) mass is 1260 g/mol. The summed E-state index contributed by atoms with van der Waals surface area (Å²) in [5.74, 6) is 0.00512. The second kappa shape index (κ2) is 79.3. The first-order chi connectivity index (χ1) is 44.0.